The van der Waals surface area contributed by atoms with Crippen LogP contribution in [0.25, 0.3) is 0 Å². The monoisotopic (exact) mass is 167 g/mol. The zero-order chi connectivity index (χ0) is 8.97. The third-order valence-corrected chi connectivity index (χ3v) is 1.94. The zero-order valence-electron chi connectivity index (χ0n) is 7.83. The number of nitrogen functional groups attached to an aromatic ring is 1. The second-order valence-electron chi connectivity index (χ2n) is 3.36. The van der Waals surface area contributed by atoms with E-state index in [9.17, 15) is 0 Å². The van der Waals surface area contributed by atoms with Gasteiger partial charge in [-0.1, -0.05) is 20.3 Å². The van der Waals surface area contributed by atoms with Gasteiger partial charge in [0.25, 0.3) is 0 Å². The summed E-state index contributed by atoms with van der Waals surface area (Å²) in [6.45, 7) is 5.42. The average Bonchev–Trinajstić information content (AvgIpc) is 2.36. The summed E-state index contributed by atoms with van der Waals surface area (Å²) in [6.07, 6.45) is 4.42. The van der Waals surface area contributed by atoms with Crippen LogP contribution in [0, 0.1) is 5.92 Å². The predicted molar refractivity (Wildman–Crippen MR) is 50.7 cm³/mol. The van der Waals surface area contributed by atoms with Gasteiger partial charge in [-0.25, -0.2) is 0 Å². The molecule has 1 aromatic rings. The Morgan fingerprint density at radius 3 is 2.92 bits per heavy atom. The number of nitrogens with two attached hydrogens (primary N) is 1. The fourth-order valence-electron chi connectivity index (χ4n) is 1.38. The lowest BCUT2D eigenvalue weighted by Crippen LogP contribution is -2.08. The Balaban J connectivity index is 2.41. The second kappa shape index (κ2) is 4.14. The Morgan fingerprint density at radius 1 is 1.67 bits per heavy atom. The number of rotatable bonds is 4. The lowest BCUT2D eigenvalue weighted by Gasteiger charge is -2.08. The molecule has 0 aromatic carbocycles. The molecular formula is C9H17N3. The highest BCUT2D eigenvalue weighted by molar-refractivity contribution is 5.23. The van der Waals surface area contributed by atoms with E-state index in [-0.39, 0.29) is 0 Å². The highest BCUT2D eigenvalue weighted by Crippen LogP contribution is 2.08. The van der Waals surface area contributed by atoms with Gasteiger partial charge >= 0.3 is 0 Å². The minimum Gasteiger partial charge on any atom is -0.382 e. The normalized spacial score (nSPS) is 13.2. The minimum absolute atomic E-state index is 0.610. The summed E-state index contributed by atoms with van der Waals surface area (Å²) in [5.74, 6) is 1.30. The first-order valence-corrected chi connectivity index (χ1v) is 4.51. The van der Waals surface area contributed by atoms with E-state index in [1.54, 1.807) is 0 Å². The molecule has 3 nitrogen and oxygen atoms in total. The summed E-state index contributed by atoms with van der Waals surface area (Å²) in [5, 5.41) is 4.13. The molecule has 0 bridgehead atoms. The highest BCUT2D eigenvalue weighted by atomic mass is 15.3. The van der Waals surface area contributed by atoms with Gasteiger partial charge in [0.05, 0.1) is 0 Å². The third kappa shape index (κ3) is 2.57. The van der Waals surface area contributed by atoms with E-state index in [1.165, 1.54) is 12.8 Å². The first kappa shape index (κ1) is 9.10. The molecule has 0 aliphatic heterocycles. The lowest BCUT2D eigenvalue weighted by molar-refractivity contribution is 0.421. The van der Waals surface area contributed by atoms with Crippen molar-refractivity contribution < 1.29 is 0 Å². The van der Waals surface area contributed by atoms with E-state index in [0.717, 1.165) is 6.54 Å². The minimum atomic E-state index is 0.610. The molecule has 0 amide bonds. The van der Waals surface area contributed by atoms with Crippen molar-refractivity contribution in [3.05, 3.63) is 12.3 Å². The summed E-state index contributed by atoms with van der Waals surface area (Å²) >= 11 is 0. The largest absolute Gasteiger partial charge is 0.382 e. The second-order valence-corrected chi connectivity index (χ2v) is 3.36. The average molecular weight is 167 g/mol. The van der Waals surface area contributed by atoms with Crippen molar-refractivity contribution in [1.29, 1.82) is 0 Å². The molecule has 1 heterocycles. The molecule has 3 heteroatoms. The SMILES string of the molecule is CCCC(C)Cn1ccc(N)n1. The van der Waals surface area contributed by atoms with E-state index < -0.39 is 0 Å². The van der Waals surface area contributed by atoms with Crippen molar-refractivity contribution in [2.24, 2.45) is 5.92 Å². The molecule has 0 spiro atoms. The van der Waals surface area contributed by atoms with Crippen LogP contribution in [-0.2, 0) is 6.54 Å². The fourth-order valence-corrected chi connectivity index (χ4v) is 1.38. The van der Waals surface area contributed by atoms with Gasteiger partial charge in [0, 0.05) is 12.7 Å². The summed E-state index contributed by atoms with van der Waals surface area (Å²) in [7, 11) is 0. The summed E-state index contributed by atoms with van der Waals surface area (Å²) in [6, 6.07) is 1.83. The maximum absolute atomic E-state index is 5.50. The van der Waals surface area contributed by atoms with Crippen molar-refractivity contribution in [3.8, 4) is 0 Å². The number of hydrogen-bond acceptors (Lipinski definition) is 2. The van der Waals surface area contributed by atoms with E-state index in [2.05, 4.69) is 18.9 Å². The number of anilines is 1. The molecule has 0 radical (unpaired) electrons. The van der Waals surface area contributed by atoms with Crippen LogP contribution in [0.3, 0.4) is 0 Å². The van der Waals surface area contributed by atoms with Gasteiger partial charge in [-0.3, -0.25) is 4.68 Å². The molecule has 0 aliphatic rings. The molecule has 1 atom stereocenters. The zero-order valence-corrected chi connectivity index (χ0v) is 7.83. The maximum atomic E-state index is 5.50. The molecule has 0 saturated carbocycles. The first-order chi connectivity index (χ1) is 5.72. The van der Waals surface area contributed by atoms with Crippen molar-refractivity contribution in [2.45, 2.75) is 33.2 Å². The Kier molecular flexibility index (Phi) is 3.14. The molecule has 12 heavy (non-hydrogen) atoms. The molecule has 2 N–H and O–H groups in total. The van der Waals surface area contributed by atoms with E-state index in [4.69, 9.17) is 5.73 Å². The molecule has 1 aromatic heterocycles. The van der Waals surface area contributed by atoms with Gasteiger partial charge in [-0.05, 0) is 18.4 Å². The molecule has 68 valence electrons. The van der Waals surface area contributed by atoms with Crippen molar-refractivity contribution >= 4 is 5.82 Å². The number of hydrogen-bond donors (Lipinski definition) is 1. The van der Waals surface area contributed by atoms with Gasteiger partial charge in [0.1, 0.15) is 5.82 Å². The quantitative estimate of drug-likeness (QED) is 0.744. The maximum Gasteiger partial charge on any atom is 0.145 e. The Labute approximate surface area is 73.6 Å². The Hall–Kier alpha value is -0.990. The first-order valence-electron chi connectivity index (χ1n) is 4.51. The Morgan fingerprint density at radius 2 is 2.42 bits per heavy atom. The topological polar surface area (TPSA) is 43.8 Å². The standard InChI is InChI=1S/C9H17N3/c1-3-4-8(2)7-12-6-5-9(10)11-12/h5-6,8H,3-4,7H2,1-2H3,(H2,10,11). The summed E-state index contributed by atoms with van der Waals surface area (Å²) in [4.78, 5) is 0. The molecule has 1 unspecified atom stereocenters. The lowest BCUT2D eigenvalue weighted by atomic mass is 10.1. The van der Waals surface area contributed by atoms with Crippen molar-refractivity contribution in [3.63, 3.8) is 0 Å². The van der Waals surface area contributed by atoms with E-state index >= 15 is 0 Å². The Bertz CT molecular complexity index is 229. The van der Waals surface area contributed by atoms with Crippen LogP contribution in [0.15, 0.2) is 12.3 Å². The van der Waals surface area contributed by atoms with Crippen LogP contribution in [0.1, 0.15) is 26.7 Å². The van der Waals surface area contributed by atoms with Gasteiger partial charge < -0.3 is 5.73 Å². The van der Waals surface area contributed by atoms with Crippen molar-refractivity contribution in [1.82, 2.24) is 9.78 Å². The van der Waals surface area contributed by atoms with Crippen LogP contribution < -0.4 is 5.73 Å². The van der Waals surface area contributed by atoms with Crippen LogP contribution in [0.2, 0.25) is 0 Å². The fraction of sp³-hybridized carbons (Fsp3) is 0.667. The van der Waals surface area contributed by atoms with Gasteiger partial charge in [0.2, 0.25) is 0 Å². The van der Waals surface area contributed by atoms with Gasteiger partial charge in [-0.2, -0.15) is 5.10 Å². The molecule has 0 fully saturated rings. The number of aromatic nitrogens is 2. The molecular weight excluding hydrogens is 150 g/mol. The molecule has 1 rings (SSSR count). The van der Waals surface area contributed by atoms with Gasteiger partial charge in [0.15, 0.2) is 0 Å². The highest BCUT2D eigenvalue weighted by Gasteiger charge is 2.02. The van der Waals surface area contributed by atoms with Crippen LogP contribution in [0.4, 0.5) is 5.82 Å². The van der Waals surface area contributed by atoms with E-state index in [1.807, 2.05) is 16.9 Å². The van der Waals surface area contributed by atoms with Gasteiger partial charge in [-0.15, -0.1) is 0 Å². The summed E-state index contributed by atoms with van der Waals surface area (Å²) < 4.78 is 1.91. The van der Waals surface area contributed by atoms with Crippen LogP contribution in [0.5, 0.6) is 0 Å². The third-order valence-electron chi connectivity index (χ3n) is 1.94. The molecule has 0 aliphatic carbocycles. The summed E-state index contributed by atoms with van der Waals surface area (Å²) in [5.41, 5.74) is 5.50. The number of nitrogens with zero attached hydrogens (tertiary/aromatic N) is 2. The van der Waals surface area contributed by atoms with Crippen molar-refractivity contribution in [2.75, 3.05) is 5.73 Å². The van der Waals surface area contributed by atoms with E-state index in [0.29, 0.717) is 11.7 Å². The smallest absolute Gasteiger partial charge is 0.145 e. The van der Waals surface area contributed by atoms with Crippen LogP contribution in [-0.4, -0.2) is 9.78 Å². The predicted octanol–water partition coefficient (Wildman–Crippen LogP) is 1.90. The van der Waals surface area contributed by atoms with Crippen LogP contribution >= 0.6 is 0 Å². The molecule has 0 saturated heterocycles.